The van der Waals surface area contributed by atoms with Gasteiger partial charge >= 0.3 is 0 Å². The Balaban J connectivity index is 1.83. The summed E-state index contributed by atoms with van der Waals surface area (Å²) in [6.45, 7) is 1.70. The fourth-order valence-electron chi connectivity index (χ4n) is 4.29. The lowest BCUT2D eigenvalue weighted by atomic mass is 9.79. The number of methoxy groups -OCH3 is 2. The molecular weight excluding hydrogens is 321 g/mol. The Morgan fingerprint density at radius 3 is 2.44 bits per heavy atom. The monoisotopic (exact) mass is 343 g/mol. The van der Waals surface area contributed by atoms with Crippen molar-refractivity contribution in [2.45, 2.75) is 24.5 Å². The van der Waals surface area contributed by atoms with Gasteiger partial charge in [0.1, 0.15) is 11.4 Å². The third-order valence-electron chi connectivity index (χ3n) is 5.55. The summed E-state index contributed by atoms with van der Waals surface area (Å²) in [5.41, 5.74) is 1.95. The van der Waals surface area contributed by atoms with Crippen molar-refractivity contribution in [3.8, 4) is 11.5 Å². The molecule has 4 nitrogen and oxygen atoms in total. The SMILES string of the molecule is COc1cc2c(cc1OC)[C@@H]1N(CC2)CC[C@]1(O)c1ccc(F)cc1. The zero-order chi connectivity index (χ0) is 17.6. The van der Waals surface area contributed by atoms with Crippen LogP contribution in [0.25, 0.3) is 0 Å². The van der Waals surface area contributed by atoms with E-state index in [0.717, 1.165) is 30.6 Å². The second kappa shape index (κ2) is 6.00. The Kier molecular flexibility index (Phi) is 3.93. The summed E-state index contributed by atoms with van der Waals surface area (Å²) in [4.78, 5) is 2.30. The highest BCUT2D eigenvalue weighted by Gasteiger charge is 2.50. The Labute approximate surface area is 146 Å². The highest BCUT2D eigenvalue weighted by atomic mass is 19.1. The fourth-order valence-corrected chi connectivity index (χ4v) is 4.29. The number of fused-ring (bicyclic) bond motifs is 3. The molecule has 2 aliphatic heterocycles. The van der Waals surface area contributed by atoms with Crippen molar-refractivity contribution >= 4 is 0 Å². The van der Waals surface area contributed by atoms with E-state index in [9.17, 15) is 9.50 Å². The summed E-state index contributed by atoms with van der Waals surface area (Å²) < 4.78 is 24.2. The summed E-state index contributed by atoms with van der Waals surface area (Å²) in [7, 11) is 3.25. The van der Waals surface area contributed by atoms with E-state index in [1.807, 2.05) is 12.1 Å². The number of aliphatic hydroxyl groups is 1. The van der Waals surface area contributed by atoms with Crippen LogP contribution >= 0.6 is 0 Å². The first-order valence-electron chi connectivity index (χ1n) is 8.54. The van der Waals surface area contributed by atoms with Gasteiger partial charge in [-0.2, -0.15) is 0 Å². The molecule has 0 aliphatic carbocycles. The van der Waals surface area contributed by atoms with E-state index in [1.54, 1.807) is 26.4 Å². The van der Waals surface area contributed by atoms with Crippen LogP contribution in [-0.2, 0) is 12.0 Å². The Morgan fingerprint density at radius 2 is 1.76 bits per heavy atom. The standard InChI is InChI=1S/C20H22FNO3/c1-24-17-11-13-7-9-22-10-8-20(23,14-3-5-15(21)6-4-14)19(22)16(13)12-18(17)25-2/h3-6,11-12,19,23H,7-10H2,1-2H3/t19-,20-/m0/s1. The molecule has 0 aromatic heterocycles. The first-order valence-corrected chi connectivity index (χ1v) is 8.54. The summed E-state index contributed by atoms with van der Waals surface area (Å²) in [5, 5.41) is 11.5. The minimum atomic E-state index is -1.04. The van der Waals surface area contributed by atoms with E-state index in [4.69, 9.17) is 9.47 Å². The third kappa shape index (κ3) is 2.50. The average Bonchev–Trinajstić information content (AvgIpc) is 2.99. The molecule has 2 atom stereocenters. The number of hydrogen-bond donors (Lipinski definition) is 1. The molecule has 5 heteroatoms. The molecule has 0 bridgehead atoms. The maximum atomic E-state index is 13.3. The first-order chi connectivity index (χ1) is 12.1. The average molecular weight is 343 g/mol. The van der Waals surface area contributed by atoms with E-state index < -0.39 is 5.60 Å². The maximum Gasteiger partial charge on any atom is 0.161 e. The molecule has 2 aromatic carbocycles. The van der Waals surface area contributed by atoms with Crippen molar-refractivity contribution < 1.29 is 19.0 Å². The van der Waals surface area contributed by atoms with Gasteiger partial charge in [0.2, 0.25) is 0 Å². The van der Waals surface area contributed by atoms with Gasteiger partial charge in [-0.15, -0.1) is 0 Å². The molecule has 0 saturated carbocycles. The molecule has 2 aromatic rings. The smallest absolute Gasteiger partial charge is 0.161 e. The Hall–Kier alpha value is -2.11. The zero-order valence-electron chi connectivity index (χ0n) is 14.5. The zero-order valence-corrected chi connectivity index (χ0v) is 14.5. The number of hydrogen-bond acceptors (Lipinski definition) is 4. The van der Waals surface area contributed by atoms with Crippen LogP contribution in [0.4, 0.5) is 4.39 Å². The van der Waals surface area contributed by atoms with Gasteiger partial charge < -0.3 is 14.6 Å². The van der Waals surface area contributed by atoms with Crippen LogP contribution in [0.3, 0.4) is 0 Å². The van der Waals surface area contributed by atoms with Gasteiger partial charge in [0, 0.05) is 13.1 Å². The summed E-state index contributed by atoms with van der Waals surface area (Å²) in [5.74, 6) is 1.08. The second-order valence-electron chi connectivity index (χ2n) is 6.78. The molecule has 0 amide bonds. The minimum absolute atomic E-state index is 0.165. The van der Waals surface area contributed by atoms with Crippen molar-refractivity contribution in [1.29, 1.82) is 0 Å². The summed E-state index contributed by atoms with van der Waals surface area (Å²) >= 11 is 0. The maximum absolute atomic E-state index is 13.3. The topological polar surface area (TPSA) is 41.9 Å². The van der Waals surface area contributed by atoms with Gasteiger partial charge in [0.15, 0.2) is 11.5 Å². The molecule has 0 radical (unpaired) electrons. The molecule has 0 unspecified atom stereocenters. The van der Waals surface area contributed by atoms with Crippen LogP contribution in [0, 0.1) is 5.82 Å². The first kappa shape index (κ1) is 16.4. The van der Waals surface area contributed by atoms with Crippen LogP contribution in [0.15, 0.2) is 36.4 Å². The molecule has 1 fully saturated rings. The van der Waals surface area contributed by atoms with Crippen molar-refractivity contribution in [2.75, 3.05) is 27.3 Å². The molecule has 4 rings (SSSR count). The van der Waals surface area contributed by atoms with Crippen molar-refractivity contribution in [3.05, 3.63) is 58.9 Å². The van der Waals surface area contributed by atoms with Gasteiger partial charge in [-0.05, 0) is 53.8 Å². The molecule has 25 heavy (non-hydrogen) atoms. The molecule has 2 heterocycles. The predicted molar refractivity (Wildman–Crippen MR) is 92.5 cm³/mol. The number of rotatable bonds is 3. The van der Waals surface area contributed by atoms with Gasteiger partial charge in [-0.3, -0.25) is 4.90 Å². The normalized spacial score (nSPS) is 25.4. The predicted octanol–water partition coefficient (Wildman–Crippen LogP) is 3.03. The van der Waals surface area contributed by atoms with E-state index in [2.05, 4.69) is 4.90 Å². The highest BCUT2D eigenvalue weighted by molar-refractivity contribution is 5.51. The van der Waals surface area contributed by atoms with E-state index in [-0.39, 0.29) is 11.9 Å². The number of benzene rings is 2. The van der Waals surface area contributed by atoms with Crippen LogP contribution < -0.4 is 9.47 Å². The number of ether oxygens (including phenoxy) is 2. The van der Waals surface area contributed by atoms with Crippen molar-refractivity contribution in [3.63, 3.8) is 0 Å². The van der Waals surface area contributed by atoms with Gasteiger partial charge in [0.05, 0.1) is 20.3 Å². The van der Waals surface area contributed by atoms with Crippen molar-refractivity contribution in [2.24, 2.45) is 0 Å². The van der Waals surface area contributed by atoms with Crippen LogP contribution in [0.5, 0.6) is 11.5 Å². The lowest BCUT2D eigenvalue weighted by molar-refractivity contribution is -0.00590. The molecule has 132 valence electrons. The molecular formula is C20H22FNO3. The molecule has 1 N–H and O–H groups in total. The number of halogens is 1. The molecule has 2 aliphatic rings. The van der Waals surface area contributed by atoms with E-state index in [1.165, 1.54) is 17.7 Å². The van der Waals surface area contributed by atoms with Gasteiger partial charge in [0.25, 0.3) is 0 Å². The Bertz CT molecular complexity index is 792. The van der Waals surface area contributed by atoms with Crippen molar-refractivity contribution in [1.82, 2.24) is 4.90 Å². The van der Waals surface area contributed by atoms with E-state index >= 15 is 0 Å². The molecule has 1 saturated heterocycles. The lowest BCUT2D eigenvalue weighted by Gasteiger charge is -2.39. The summed E-state index contributed by atoms with van der Waals surface area (Å²) in [6.07, 6.45) is 1.53. The lowest BCUT2D eigenvalue weighted by Crippen LogP contribution is -2.39. The van der Waals surface area contributed by atoms with E-state index in [0.29, 0.717) is 17.9 Å². The molecule has 0 spiro atoms. The van der Waals surface area contributed by atoms with Crippen LogP contribution in [0.2, 0.25) is 0 Å². The fraction of sp³-hybridized carbons (Fsp3) is 0.400. The van der Waals surface area contributed by atoms with Crippen LogP contribution in [-0.4, -0.2) is 37.3 Å². The van der Waals surface area contributed by atoms with Crippen LogP contribution in [0.1, 0.15) is 29.2 Å². The number of nitrogens with zero attached hydrogens (tertiary/aromatic N) is 1. The van der Waals surface area contributed by atoms with Gasteiger partial charge in [-0.25, -0.2) is 4.39 Å². The largest absolute Gasteiger partial charge is 0.493 e. The Morgan fingerprint density at radius 1 is 1.08 bits per heavy atom. The minimum Gasteiger partial charge on any atom is -0.493 e. The quantitative estimate of drug-likeness (QED) is 0.930. The van der Waals surface area contributed by atoms with Gasteiger partial charge in [-0.1, -0.05) is 12.1 Å². The second-order valence-corrected chi connectivity index (χ2v) is 6.78. The highest BCUT2D eigenvalue weighted by Crippen LogP contribution is 2.51. The third-order valence-corrected chi connectivity index (χ3v) is 5.55. The summed E-state index contributed by atoms with van der Waals surface area (Å²) in [6, 6.07) is 10.0.